The number of anilines is 2. The molecule has 0 spiro atoms. The van der Waals surface area contributed by atoms with E-state index in [1.807, 2.05) is 73.6 Å². The van der Waals surface area contributed by atoms with Crippen LogP contribution in [0.4, 0.5) is 11.4 Å². The highest BCUT2D eigenvalue weighted by Gasteiger charge is 2.17. The third-order valence-corrected chi connectivity index (χ3v) is 6.05. The first-order valence-electron chi connectivity index (χ1n) is 11.3. The molecule has 0 fully saturated rings. The molecule has 0 aliphatic heterocycles. The van der Waals surface area contributed by atoms with E-state index in [4.69, 9.17) is 0 Å². The number of halogens is 1. The number of nitrogens with one attached hydrogen (secondary N) is 2. The Kier molecular flexibility index (Phi) is 9.05. The van der Waals surface area contributed by atoms with E-state index >= 15 is 0 Å². The Bertz CT molecular complexity index is 1150. The minimum absolute atomic E-state index is 0.161. The summed E-state index contributed by atoms with van der Waals surface area (Å²) in [6.45, 7) is 2.17. The van der Waals surface area contributed by atoms with Gasteiger partial charge in [0.25, 0.3) is 11.8 Å². The van der Waals surface area contributed by atoms with Crippen LogP contribution >= 0.6 is 15.9 Å². The summed E-state index contributed by atoms with van der Waals surface area (Å²) in [5.74, 6) is -0.757. The van der Waals surface area contributed by atoms with Crippen LogP contribution in [0.15, 0.2) is 83.0 Å². The largest absolute Gasteiger partial charge is 0.378 e. The second-order valence-electron chi connectivity index (χ2n) is 8.23. The predicted molar refractivity (Wildman–Crippen MR) is 144 cm³/mol. The third kappa shape index (κ3) is 7.06. The summed E-state index contributed by atoms with van der Waals surface area (Å²) in [6.07, 6.45) is 4.96. The summed E-state index contributed by atoms with van der Waals surface area (Å²) in [4.78, 5) is 28.1. The molecule has 0 atom stereocenters. The molecule has 5 nitrogen and oxygen atoms in total. The number of unbranched alkanes of at least 4 members (excludes halogenated alkanes) is 1. The van der Waals surface area contributed by atoms with Crippen molar-refractivity contribution in [1.82, 2.24) is 5.32 Å². The van der Waals surface area contributed by atoms with Gasteiger partial charge < -0.3 is 15.5 Å². The Morgan fingerprint density at radius 3 is 2.24 bits per heavy atom. The van der Waals surface area contributed by atoms with E-state index in [9.17, 15) is 9.59 Å². The van der Waals surface area contributed by atoms with E-state index in [1.165, 1.54) is 5.56 Å². The van der Waals surface area contributed by atoms with Crippen LogP contribution in [0.5, 0.6) is 0 Å². The van der Waals surface area contributed by atoms with Gasteiger partial charge >= 0.3 is 0 Å². The number of nitrogens with zero attached hydrogens (tertiary/aromatic N) is 1. The van der Waals surface area contributed by atoms with E-state index in [1.54, 1.807) is 24.3 Å². The Labute approximate surface area is 210 Å². The average molecular weight is 520 g/mol. The van der Waals surface area contributed by atoms with Gasteiger partial charge in [-0.05, 0) is 82.4 Å². The maximum Gasteiger partial charge on any atom is 0.272 e. The maximum absolute atomic E-state index is 13.2. The molecule has 0 bridgehead atoms. The molecule has 0 heterocycles. The Morgan fingerprint density at radius 2 is 1.62 bits per heavy atom. The van der Waals surface area contributed by atoms with Gasteiger partial charge in [0.1, 0.15) is 5.70 Å². The third-order valence-electron chi connectivity index (χ3n) is 5.36. The fourth-order valence-electron chi connectivity index (χ4n) is 3.36. The molecule has 2 N–H and O–H groups in total. The summed E-state index contributed by atoms with van der Waals surface area (Å²) in [5.41, 5.74) is 4.37. The number of amides is 2. The molecule has 34 heavy (non-hydrogen) atoms. The van der Waals surface area contributed by atoms with Gasteiger partial charge in [0, 0.05) is 29.9 Å². The summed E-state index contributed by atoms with van der Waals surface area (Å²) in [6, 6.07) is 22.7. The molecular formula is C28H30BrN3O2. The molecule has 176 valence electrons. The molecule has 3 aromatic rings. The lowest BCUT2D eigenvalue weighted by Crippen LogP contribution is -2.31. The highest BCUT2D eigenvalue weighted by atomic mass is 79.9. The van der Waals surface area contributed by atoms with Crippen molar-refractivity contribution >= 4 is 45.2 Å². The zero-order chi connectivity index (χ0) is 24.5. The SMILES string of the molecule is CCCCc1ccc(NC(=O)C(=Cc2ccc(N(C)C)cc2)NC(=O)c2ccccc2Br)cc1. The van der Waals surface area contributed by atoms with Crippen molar-refractivity contribution in [1.29, 1.82) is 0 Å². The number of carbonyl (C=O) groups excluding carboxylic acids is 2. The Balaban J connectivity index is 1.85. The number of hydrogen-bond acceptors (Lipinski definition) is 3. The summed E-state index contributed by atoms with van der Waals surface area (Å²) in [7, 11) is 3.93. The van der Waals surface area contributed by atoms with Gasteiger partial charge in [0.15, 0.2) is 0 Å². The lowest BCUT2D eigenvalue weighted by Gasteiger charge is -2.14. The summed E-state index contributed by atoms with van der Waals surface area (Å²) in [5, 5.41) is 5.69. The zero-order valence-electron chi connectivity index (χ0n) is 19.8. The van der Waals surface area contributed by atoms with Crippen LogP contribution in [-0.2, 0) is 11.2 Å². The van der Waals surface area contributed by atoms with Crippen molar-refractivity contribution in [2.75, 3.05) is 24.3 Å². The molecule has 3 rings (SSSR count). The van der Waals surface area contributed by atoms with Crippen molar-refractivity contribution in [3.8, 4) is 0 Å². The number of benzene rings is 3. The molecule has 0 unspecified atom stereocenters. The van der Waals surface area contributed by atoms with E-state index in [0.29, 0.717) is 15.7 Å². The highest BCUT2D eigenvalue weighted by molar-refractivity contribution is 9.10. The van der Waals surface area contributed by atoms with Gasteiger partial charge in [-0.2, -0.15) is 0 Å². The molecular weight excluding hydrogens is 490 g/mol. The van der Waals surface area contributed by atoms with Crippen molar-refractivity contribution < 1.29 is 9.59 Å². The predicted octanol–water partition coefficient (Wildman–Crippen LogP) is 6.27. The minimum atomic E-state index is -0.390. The van der Waals surface area contributed by atoms with Crippen LogP contribution in [0.3, 0.4) is 0 Å². The lowest BCUT2D eigenvalue weighted by molar-refractivity contribution is -0.113. The summed E-state index contributed by atoms with van der Waals surface area (Å²) >= 11 is 3.41. The summed E-state index contributed by atoms with van der Waals surface area (Å²) < 4.78 is 0.658. The smallest absolute Gasteiger partial charge is 0.272 e. The van der Waals surface area contributed by atoms with Crippen LogP contribution in [-0.4, -0.2) is 25.9 Å². The molecule has 0 radical (unpaired) electrons. The Hall–Kier alpha value is -3.38. The van der Waals surface area contributed by atoms with Gasteiger partial charge in [-0.1, -0.05) is 49.7 Å². The lowest BCUT2D eigenvalue weighted by atomic mass is 10.1. The molecule has 2 amide bonds. The highest BCUT2D eigenvalue weighted by Crippen LogP contribution is 2.19. The quantitative estimate of drug-likeness (QED) is 0.327. The Morgan fingerprint density at radius 1 is 0.941 bits per heavy atom. The second kappa shape index (κ2) is 12.2. The molecule has 6 heteroatoms. The fourth-order valence-corrected chi connectivity index (χ4v) is 3.83. The van der Waals surface area contributed by atoms with Crippen molar-refractivity contribution in [3.05, 3.63) is 99.7 Å². The normalized spacial score (nSPS) is 11.1. The van der Waals surface area contributed by atoms with E-state index in [2.05, 4.69) is 33.5 Å². The van der Waals surface area contributed by atoms with E-state index < -0.39 is 5.91 Å². The number of carbonyl (C=O) groups is 2. The van der Waals surface area contributed by atoms with E-state index in [0.717, 1.165) is 30.5 Å². The molecule has 0 aromatic heterocycles. The van der Waals surface area contributed by atoms with Crippen LogP contribution in [0, 0.1) is 0 Å². The topological polar surface area (TPSA) is 61.4 Å². The van der Waals surface area contributed by atoms with Crippen LogP contribution in [0.25, 0.3) is 6.08 Å². The monoisotopic (exact) mass is 519 g/mol. The second-order valence-corrected chi connectivity index (χ2v) is 9.09. The first-order valence-corrected chi connectivity index (χ1v) is 12.1. The molecule has 0 aliphatic carbocycles. The van der Waals surface area contributed by atoms with Gasteiger partial charge in [0.05, 0.1) is 5.56 Å². The molecule has 0 saturated heterocycles. The van der Waals surface area contributed by atoms with Crippen LogP contribution < -0.4 is 15.5 Å². The van der Waals surface area contributed by atoms with Gasteiger partial charge in [-0.15, -0.1) is 0 Å². The standard InChI is InChI=1S/C28H30BrN3O2/c1-4-5-8-20-11-15-22(16-12-20)30-28(34)26(19-21-13-17-23(18-14-21)32(2)3)31-27(33)24-9-6-7-10-25(24)29/h6-7,9-19H,4-5,8H2,1-3H3,(H,30,34)(H,31,33). The number of hydrogen-bond donors (Lipinski definition) is 2. The van der Waals surface area contributed by atoms with Crippen molar-refractivity contribution in [2.45, 2.75) is 26.2 Å². The van der Waals surface area contributed by atoms with Crippen LogP contribution in [0.1, 0.15) is 41.3 Å². The fraction of sp³-hybridized carbons (Fsp3) is 0.214. The molecule has 3 aromatic carbocycles. The molecule has 0 aliphatic rings. The van der Waals surface area contributed by atoms with Gasteiger partial charge in [-0.25, -0.2) is 0 Å². The minimum Gasteiger partial charge on any atom is -0.378 e. The maximum atomic E-state index is 13.2. The van der Waals surface area contributed by atoms with Crippen molar-refractivity contribution in [2.24, 2.45) is 0 Å². The number of rotatable bonds is 9. The van der Waals surface area contributed by atoms with E-state index in [-0.39, 0.29) is 11.6 Å². The first-order chi connectivity index (χ1) is 16.4. The average Bonchev–Trinajstić information content (AvgIpc) is 2.83. The molecule has 0 saturated carbocycles. The van der Waals surface area contributed by atoms with Crippen LogP contribution in [0.2, 0.25) is 0 Å². The zero-order valence-corrected chi connectivity index (χ0v) is 21.4. The first kappa shape index (κ1) is 25.2. The van der Waals surface area contributed by atoms with Gasteiger partial charge in [-0.3, -0.25) is 9.59 Å². The van der Waals surface area contributed by atoms with Gasteiger partial charge in [0.2, 0.25) is 0 Å². The number of aryl methyl sites for hydroxylation is 1. The van der Waals surface area contributed by atoms with Crippen molar-refractivity contribution in [3.63, 3.8) is 0 Å².